The molecule has 7 aromatic rings. The van der Waals surface area contributed by atoms with Crippen molar-refractivity contribution in [2.45, 2.75) is 96.3 Å². The zero-order valence-electron chi connectivity index (χ0n) is 46.8. The summed E-state index contributed by atoms with van der Waals surface area (Å²) in [5.41, 5.74) is 3.00. The fraction of sp³-hybridized carbons (Fsp3) is 0.250. The minimum atomic E-state index is -2.50. The van der Waals surface area contributed by atoms with Gasteiger partial charge in [-0.3, -0.25) is 4.79 Å². The second-order valence-electron chi connectivity index (χ2n) is 20.5. The molecule has 0 bridgehead atoms. The number of hydrogen-bond acceptors (Lipinski definition) is 13. The summed E-state index contributed by atoms with van der Waals surface area (Å²) >= 11 is 0. The molecule has 450 valence electrons. The summed E-state index contributed by atoms with van der Waals surface area (Å²) in [5, 5.41) is 21.0. The van der Waals surface area contributed by atoms with Crippen LogP contribution < -0.4 is 30.7 Å². The van der Waals surface area contributed by atoms with Gasteiger partial charge in [0.2, 0.25) is 40.7 Å². The maximum Gasteiger partial charge on any atom is 0.408 e. The third kappa shape index (κ3) is 19.4. The van der Waals surface area contributed by atoms with Crippen molar-refractivity contribution in [3.8, 4) is 22.6 Å². The Labute approximate surface area is 491 Å². The van der Waals surface area contributed by atoms with Gasteiger partial charge < -0.3 is 54.8 Å². The summed E-state index contributed by atoms with van der Waals surface area (Å²) in [6.07, 6.45) is -5.91. The van der Waals surface area contributed by atoms with E-state index in [0.717, 1.165) is 0 Å². The lowest BCUT2D eigenvalue weighted by Crippen LogP contribution is -2.54. The molecule has 0 heterocycles. The van der Waals surface area contributed by atoms with Crippen molar-refractivity contribution in [1.82, 2.24) is 21.3 Å². The van der Waals surface area contributed by atoms with Crippen LogP contribution in [-0.2, 0) is 72.6 Å². The van der Waals surface area contributed by atoms with Crippen LogP contribution in [0.3, 0.4) is 0 Å². The number of halogens is 5. The minimum absolute atomic E-state index is 0.0316. The van der Waals surface area contributed by atoms with E-state index in [1.54, 1.807) is 178 Å². The molecule has 0 saturated carbocycles. The van der Waals surface area contributed by atoms with Crippen LogP contribution in [0, 0.1) is 29.1 Å². The number of amides is 4. The quantitative estimate of drug-likeness (QED) is 0.00898. The fourth-order valence-corrected chi connectivity index (χ4v) is 8.38. The first-order valence-corrected chi connectivity index (χ1v) is 26.9. The molecule has 0 aliphatic heterocycles. The van der Waals surface area contributed by atoms with Crippen LogP contribution in [0.25, 0.3) is 11.1 Å². The SMILES string of the molecule is CC(C)(C)OC(=O)N[C@@H](C[C@@H](O)CNC(=O)OCc1ccccc1)C(=O)N[C@@H](Cc1cccc(-c2ccc(OCc3ccccc3)c(C[C@H](NC(=O)OCc3ccccc3)C(=O)Oc3c(F)c(F)c(F)c(F)c3F)c2)c1)C(=O)OCc1ccccc1. The van der Waals surface area contributed by atoms with E-state index < -0.39 is 120 Å². The Hall–Kier alpha value is -9.83. The summed E-state index contributed by atoms with van der Waals surface area (Å²) in [7, 11) is 0. The fourth-order valence-electron chi connectivity index (χ4n) is 8.38. The van der Waals surface area contributed by atoms with E-state index in [1.807, 2.05) is 0 Å². The van der Waals surface area contributed by atoms with Gasteiger partial charge in [-0.15, -0.1) is 0 Å². The third-order valence-corrected chi connectivity index (χ3v) is 12.6. The average Bonchev–Trinajstić information content (AvgIpc) is 1.43. The largest absolute Gasteiger partial charge is 0.489 e. The summed E-state index contributed by atoms with van der Waals surface area (Å²) in [6, 6.07) is 41.1. The van der Waals surface area contributed by atoms with Crippen LogP contribution in [0.1, 0.15) is 60.6 Å². The summed E-state index contributed by atoms with van der Waals surface area (Å²) < 4.78 is 106. The highest BCUT2D eigenvalue weighted by Crippen LogP contribution is 2.32. The van der Waals surface area contributed by atoms with E-state index in [2.05, 4.69) is 21.3 Å². The number of ether oxygens (including phenoxy) is 6. The zero-order chi connectivity index (χ0) is 61.8. The average molecular weight is 1190 g/mol. The van der Waals surface area contributed by atoms with Crippen molar-refractivity contribution in [1.29, 1.82) is 0 Å². The first-order chi connectivity index (χ1) is 41.2. The first kappa shape index (κ1) is 63.7. The second-order valence-corrected chi connectivity index (χ2v) is 20.5. The highest BCUT2D eigenvalue weighted by molar-refractivity contribution is 5.90. The number of hydrogen-bond donors (Lipinski definition) is 5. The van der Waals surface area contributed by atoms with Crippen LogP contribution in [0.15, 0.2) is 164 Å². The molecule has 0 radical (unpaired) electrons. The molecule has 4 atom stereocenters. The van der Waals surface area contributed by atoms with Crippen LogP contribution >= 0.6 is 0 Å². The predicted molar refractivity (Wildman–Crippen MR) is 302 cm³/mol. The van der Waals surface area contributed by atoms with Crippen molar-refractivity contribution in [3.63, 3.8) is 0 Å². The molecule has 0 aromatic heterocycles. The van der Waals surface area contributed by atoms with Gasteiger partial charge in [-0.2, -0.15) is 8.78 Å². The lowest BCUT2D eigenvalue weighted by atomic mass is 9.95. The lowest BCUT2D eigenvalue weighted by molar-refractivity contribution is -0.149. The normalized spacial score (nSPS) is 12.5. The number of carbonyl (C=O) groups is 6. The molecule has 0 aliphatic carbocycles. The smallest absolute Gasteiger partial charge is 0.408 e. The maximum absolute atomic E-state index is 15.0. The summed E-state index contributed by atoms with van der Waals surface area (Å²) in [6.45, 7) is 3.78. The van der Waals surface area contributed by atoms with Gasteiger partial charge in [0.1, 0.15) is 55.9 Å². The van der Waals surface area contributed by atoms with Crippen LogP contribution in [0.4, 0.5) is 36.3 Å². The van der Waals surface area contributed by atoms with Gasteiger partial charge in [-0.25, -0.2) is 37.1 Å². The summed E-state index contributed by atoms with van der Waals surface area (Å²) in [4.78, 5) is 81.6. The van der Waals surface area contributed by atoms with Crippen molar-refractivity contribution >= 4 is 36.1 Å². The predicted octanol–water partition coefficient (Wildman–Crippen LogP) is 10.4. The Morgan fingerprint density at radius 2 is 0.953 bits per heavy atom. The minimum Gasteiger partial charge on any atom is -0.489 e. The van der Waals surface area contributed by atoms with E-state index >= 15 is 0 Å². The van der Waals surface area contributed by atoms with Crippen LogP contribution in [-0.4, -0.2) is 77.6 Å². The zero-order valence-corrected chi connectivity index (χ0v) is 46.8. The highest BCUT2D eigenvalue weighted by atomic mass is 19.2. The van der Waals surface area contributed by atoms with E-state index in [0.29, 0.717) is 38.9 Å². The van der Waals surface area contributed by atoms with Crippen molar-refractivity contribution in [2.24, 2.45) is 0 Å². The number of aliphatic hydroxyl groups excluding tert-OH is 1. The Kier molecular flexibility index (Phi) is 22.7. The number of esters is 2. The van der Waals surface area contributed by atoms with Crippen LogP contribution in [0.5, 0.6) is 11.5 Å². The topological polar surface area (TPSA) is 226 Å². The lowest BCUT2D eigenvalue weighted by Gasteiger charge is -2.26. The van der Waals surface area contributed by atoms with E-state index in [9.17, 15) is 55.8 Å². The molecule has 5 N–H and O–H groups in total. The molecule has 0 aliphatic rings. The highest BCUT2D eigenvalue weighted by Gasteiger charge is 2.34. The van der Waals surface area contributed by atoms with Gasteiger partial charge in [-0.1, -0.05) is 152 Å². The molecule has 7 rings (SSSR count). The van der Waals surface area contributed by atoms with E-state index in [4.69, 9.17) is 28.4 Å². The molecule has 22 heteroatoms. The molecule has 0 saturated heterocycles. The first-order valence-electron chi connectivity index (χ1n) is 26.9. The second kappa shape index (κ2) is 30.6. The van der Waals surface area contributed by atoms with Crippen molar-refractivity contribution in [3.05, 3.63) is 226 Å². The number of alkyl carbamates (subject to hydrolysis) is 3. The molecule has 0 unspecified atom stereocenters. The van der Waals surface area contributed by atoms with Gasteiger partial charge in [0.05, 0.1) is 6.10 Å². The maximum atomic E-state index is 15.0. The molecular formula is C64H61F5N4O13. The van der Waals surface area contributed by atoms with E-state index in [1.165, 1.54) is 6.07 Å². The Bertz CT molecular complexity index is 3420. The Balaban J connectivity index is 1.18. The van der Waals surface area contributed by atoms with E-state index in [-0.39, 0.29) is 44.2 Å². The third-order valence-electron chi connectivity index (χ3n) is 12.6. The molecule has 0 fully saturated rings. The number of benzene rings is 7. The molecule has 4 amide bonds. The molecular weight excluding hydrogens is 1130 g/mol. The molecule has 0 spiro atoms. The molecule has 7 aromatic carbocycles. The number of rotatable bonds is 25. The van der Waals surface area contributed by atoms with Crippen LogP contribution in [0.2, 0.25) is 0 Å². The van der Waals surface area contributed by atoms with Gasteiger partial charge >= 0.3 is 30.2 Å². The Morgan fingerprint density at radius 1 is 0.477 bits per heavy atom. The summed E-state index contributed by atoms with van der Waals surface area (Å²) in [5.74, 6) is -17.5. The van der Waals surface area contributed by atoms with Gasteiger partial charge in [-0.05, 0) is 77.4 Å². The standard InChI is InChI=1S/C64H61F5N4O13/c1-64(2,3)86-63(80)72-48(33-47(74)34-70-61(78)83-37-41-21-12-6-13-22-41)58(75)71-49(59(76)82-36-40-19-10-5-11-20-40)30-43-25-16-26-44(29-43)45-27-28-51(81-35-39-17-8-4-9-18-39)46(31-45)32-50(73-62(79)84-38-42-23-14-7-15-24-42)60(77)85-57-55(68)53(66)52(65)54(67)56(57)69/h4-29,31,47-50,74H,30,32-38H2,1-3H3,(H,70,78)(H,71,75)(H,72,80)(H,73,79)/t47-,48+,49+,50+/m1/s1. The Morgan fingerprint density at radius 3 is 1.51 bits per heavy atom. The van der Waals surface area contributed by atoms with Gasteiger partial charge in [0.15, 0.2) is 0 Å². The van der Waals surface area contributed by atoms with Gasteiger partial charge in [0.25, 0.3) is 0 Å². The number of carbonyl (C=O) groups excluding carboxylic acids is 6. The number of nitrogens with one attached hydrogen (secondary N) is 4. The number of aliphatic hydroxyl groups is 1. The van der Waals surface area contributed by atoms with Gasteiger partial charge in [0, 0.05) is 25.8 Å². The molecule has 86 heavy (non-hydrogen) atoms. The van der Waals surface area contributed by atoms with Crippen molar-refractivity contribution in [2.75, 3.05) is 6.54 Å². The van der Waals surface area contributed by atoms with Crippen molar-refractivity contribution < 1.29 is 84.2 Å². The monoisotopic (exact) mass is 1190 g/mol. The molecule has 17 nitrogen and oxygen atoms in total.